The van der Waals surface area contributed by atoms with Gasteiger partial charge in [-0.1, -0.05) is 6.07 Å². The Bertz CT molecular complexity index is 1350. The van der Waals surface area contributed by atoms with Crippen LogP contribution < -0.4 is 10.7 Å². The third-order valence-corrected chi connectivity index (χ3v) is 7.50. The van der Waals surface area contributed by atoms with Crippen LogP contribution in [0.4, 0.5) is 10.3 Å². The number of nitrogens with zero attached hydrogens (tertiary/aromatic N) is 4. The van der Waals surface area contributed by atoms with Gasteiger partial charge in [-0.2, -0.15) is 0 Å². The number of pyridine rings is 1. The maximum atomic E-state index is 15.0. The molecule has 0 spiro atoms. The summed E-state index contributed by atoms with van der Waals surface area (Å²) in [5.41, 5.74) is 2.27. The van der Waals surface area contributed by atoms with Gasteiger partial charge in [-0.15, -0.1) is 0 Å². The number of rotatable bonds is 6. The van der Waals surface area contributed by atoms with E-state index in [2.05, 4.69) is 52.4 Å². The molecule has 2 N–H and O–H groups in total. The standard InChI is InChI=1S/C28H36FN5O4/c1-16(2)34-20(12-33-17(3)13-38-14-18(33)4)10-25(35)21-6-5-19(9-24(21)34)27-22(29)11-30-28(32-27)31-23-7-8-37-15-26(23)36/h5-6,9-11,16-18,23,26,36H,7-8,12-15H2,1-4H3,(H,30,31,32)/t17-,18+,23-,26-/m1/s1. The van der Waals surface area contributed by atoms with Crippen LogP contribution in [0.25, 0.3) is 22.2 Å². The molecule has 4 atom stereocenters. The first-order chi connectivity index (χ1) is 18.2. The Morgan fingerprint density at radius 1 is 1.16 bits per heavy atom. The Balaban J connectivity index is 1.55. The largest absolute Gasteiger partial charge is 0.389 e. The molecule has 0 radical (unpaired) electrons. The second-order valence-electron chi connectivity index (χ2n) is 10.7. The van der Waals surface area contributed by atoms with Gasteiger partial charge in [0.05, 0.1) is 43.7 Å². The summed E-state index contributed by atoms with van der Waals surface area (Å²) in [4.78, 5) is 24.1. The summed E-state index contributed by atoms with van der Waals surface area (Å²) in [6.07, 6.45) is 1.03. The van der Waals surface area contributed by atoms with Gasteiger partial charge in [0.1, 0.15) is 5.69 Å². The van der Waals surface area contributed by atoms with Gasteiger partial charge in [-0.05, 0) is 46.2 Å². The molecule has 2 saturated heterocycles. The van der Waals surface area contributed by atoms with Crippen molar-refractivity contribution in [2.45, 2.75) is 70.9 Å². The minimum Gasteiger partial charge on any atom is -0.389 e. The second-order valence-corrected chi connectivity index (χ2v) is 10.7. The van der Waals surface area contributed by atoms with E-state index < -0.39 is 11.9 Å². The minimum atomic E-state index is -0.697. The van der Waals surface area contributed by atoms with Crippen LogP contribution >= 0.6 is 0 Å². The van der Waals surface area contributed by atoms with Crippen LogP contribution in [0.15, 0.2) is 35.3 Å². The van der Waals surface area contributed by atoms with Gasteiger partial charge in [0.15, 0.2) is 11.2 Å². The molecule has 0 amide bonds. The Morgan fingerprint density at radius 2 is 1.92 bits per heavy atom. The van der Waals surface area contributed by atoms with Crippen molar-refractivity contribution in [3.8, 4) is 11.3 Å². The lowest BCUT2D eigenvalue weighted by Gasteiger charge is -2.39. The van der Waals surface area contributed by atoms with E-state index in [1.165, 1.54) is 0 Å². The number of ether oxygens (including phenoxy) is 2. The fourth-order valence-electron chi connectivity index (χ4n) is 5.50. The SMILES string of the molecule is CC(C)n1c(CN2[C@H](C)COC[C@@H]2C)cc(=O)c2ccc(-c3nc(N[C@@H]4CCOC[C@H]4O)ncc3F)cc21. The Labute approximate surface area is 221 Å². The molecule has 2 aromatic heterocycles. The van der Waals surface area contributed by atoms with E-state index >= 15 is 4.39 Å². The number of halogens is 1. The molecule has 4 heterocycles. The maximum absolute atomic E-state index is 15.0. The second kappa shape index (κ2) is 11.1. The predicted molar refractivity (Wildman–Crippen MR) is 144 cm³/mol. The Hall–Kier alpha value is -2.92. The van der Waals surface area contributed by atoms with Gasteiger partial charge < -0.3 is 24.5 Å². The smallest absolute Gasteiger partial charge is 0.223 e. The number of morpholine rings is 1. The van der Waals surface area contributed by atoms with Gasteiger partial charge in [-0.3, -0.25) is 9.69 Å². The number of nitrogens with one attached hydrogen (secondary N) is 1. The van der Waals surface area contributed by atoms with Crippen LogP contribution in [0.5, 0.6) is 0 Å². The number of aromatic nitrogens is 3. The fourth-order valence-corrected chi connectivity index (χ4v) is 5.50. The highest BCUT2D eigenvalue weighted by Gasteiger charge is 2.27. The average molecular weight is 526 g/mol. The van der Waals surface area contributed by atoms with E-state index in [0.717, 1.165) is 17.4 Å². The highest BCUT2D eigenvalue weighted by atomic mass is 19.1. The molecule has 1 aromatic carbocycles. The van der Waals surface area contributed by atoms with E-state index in [0.29, 0.717) is 43.7 Å². The summed E-state index contributed by atoms with van der Waals surface area (Å²) < 4.78 is 28.1. The number of fused-ring (bicyclic) bond motifs is 1. The van der Waals surface area contributed by atoms with E-state index in [1.54, 1.807) is 18.2 Å². The topological polar surface area (TPSA) is 102 Å². The van der Waals surface area contributed by atoms with Crippen molar-refractivity contribution in [3.63, 3.8) is 0 Å². The van der Waals surface area contributed by atoms with E-state index in [-0.39, 0.29) is 47.8 Å². The predicted octanol–water partition coefficient (Wildman–Crippen LogP) is 3.35. The lowest BCUT2D eigenvalue weighted by molar-refractivity contribution is -0.0420. The van der Waals surface area contributed by atoms with Crippen molar-refractivity contribution in [1.29, 1.82) is 0 Å². The Kier molecular flexibility index (Phi) is 7.76. The molecule has 38 heavy (non-hydrogen) atoms. The fraction of sp³-hybridized carbons (Fsp3) is 0.536. The van der Waals surface area contributed by atoms with Crippen molar-refractivity contribution in [2.24, 2.45) is 0 Å². The highest BCUT2D eigenvalue weighted by Crippen LogP contribution is 2.28. The summed E-state index contributed by atoms with van der Waals surface area (Å²) in [7, 11) is 0. The van der Waals surface area contributed by atoms with Gasteiger partial charge in [0.25, 0.3) is 0 Å². The molecule has 0 bridgehead atoms. The van der Waals surface area contributed by atoms with Crippen LogP contribution in [-0.2, 0) is 16.0 Å². The molecular formula is C28H36FN5O4. The highest BCUT2D eigenvalue weighted by molar-refractivity contribution is 5.84. The Morgan fingerprint density at radius 3 is 2.63 bits per heavy atom. The molecule has 9 nitrogen and oxygen atoms in total. The summed E-state index contributed by atoms with van der Waals surface area (Å²) in [5, 5.41) is 13.9. The van der Waals surface area contributed by atoms with Crippen molar-refractivity contribution < 1.29 is 19.0 Å². The molecular weight excluding hydrogens is 489 g/mol. The molecule has 2 aliphatic heterocycles. The first-order valence-corrected chi connectivity index (χ1v) is 13.3. The average Bonchev–Trinajstić information content (AvgIpc) is 2.88. The van der Waals surface area contributed by atoms with E-state index in [9.17, 15) is 9.90 Å². The van der Waals surface area contributed by atoms with Gasteiger partial charge in [-0.25, -0.2) is 14.4 Å². The molecule has 2 fully saturated rings. The minimum absolute atomic E-state index is 0.0639. The van der Waals surface area contributed by atoms with Crippen LogP contribution in [0.3, 0.4) is 0 Å². The van der Waals surface area contributed by atoms with Crippen molar-refractivity contribution in [1.82, 2.24) is 19.4 Å². The molecule has 3 aromatic rings. The van der Waals surface area contributed by atoms with E-state index in [1.807, 2.05) is 6.07 Å². The summed E-state index contributed by atoms with van der Waals surface area (Å²) in [6.45, 7) is 11.1. The zero-order valence-corrected chi connectivity index (χ0v) is 22.4. The third-order valence-electron chi connectivity index (χ3n) is 7.50. The van der Waals surface area contributed by atoms with Gasteiger partial charge in [0.2, 0.25) is 5.95 Å². The summed E-state index contributed by atoms with van der Waals surface area (Å²) in [5.74, 6) is -0.328. The molecule has 0 unspecified atom stereocenters. The quantitative estimate of drug-likeness (QED) is 0.505. The number of hydrogen-bond donors (Lipinski definition) is 2. The number of aliphatic hydroxyl groups is 1. The zero-order valence-electron chi connectivity index (χ0n) is 22.4. The zero-order chi connectivity index (χ0) is 27.0. The molecule has 2 aliphatic rings. The van der Waals surface area contributed by atoms with Crippen LogP contribution in [-0.4, -0.2) is 75.2 Å². The summed E-state index contributed by atoms with van der Waals surface area (Å²) >= 11 is 0. The lowest BCUT2D eigenvalue weighted by Crippen LogP contribution is -2.49. The monoisotopic (exact) mass is 525 g/mol. The summed E-state index contributed by atoms with van der Waals surface area (Å²) in [6, 6.07) is 7.27. The number of benzene rings is 1. The molecule has 204 valence electrons. The van der Waals surface area contributed by atoms with Crippen molar-refractivity contribution in [3.05, 3.63) is 52.2 Å². The molecule has 5 rings (SSSR count). The van der Waals surface area contributed by atoms with Crippen LogP contribution in [0.2, 0.25) is 0 Å². The van der Waals surface area contributed by atoms with Crippen molar-refractivity contribution >= 4 is 16.9 Å². The number of anilines is 1. The number of aliphatic hydroxyl groups excluding tert-OH is 1. The number of hydrogen-bond acceptors (Lipinski definition) is 8. The maximum Gasteiger partial charge on any atom is 0.223 e. The van der Waals surface area contributed by atoms with Gasteiger partial charge >= 0.3 is 0 Å². The van der Waals surface area contributed by atoms with E-state index in [4.69, 9.17) is 9.47 Å². The molecule has 0 saturated carbocycles. The molecule has 10 heteroatoms. The van der Waals surface area contributed by atoms with Crippen LogP contribution in [0.1, 0.15) is 45.9 Å². The van der Waals surface area contributed by atoms with Crippen LogP contribution in [0, 0.1) is 5.82 Å². The normalized spacial score (nSPS) is 24.7. The van der Waals surface area contributed by atoms with Gasteiger partial charge in [0, 0.05) is 54.0 Å². The van der Waals surface area contributed by atoms with Crippen molar-refractivity contribution in [2.75, 3.05) is 31.7 Å². The third kappa shape index (κ3) is 5.31. The first-order valence-electron chi connectivity index (χ1n) is 13.3. The lowest BCUT2D eigenvalue weighted by atomic mass is 10.0. The first kappa shape index (κ1) is 26.7. The molecule has 0 aliphatic carbocycles.